The Hall–Kier alpha value is -2.60. The molecule has 0 spiro atoms. The Morgan fingerprint density at radius 3 is 2.86 bits per heavy atom. The Balaban J connectivity index is 1.87. The predicted octanol–water partition coefficient (Wildman–Crippen LogP) is 3.32. The summed E-state index contributed by atoms with van der Waals surface area (Å²) in [7, 11) is 1.84. The van der Waals surface area contributed by atoms with Crippen molar-refractivity contribution in [1.29, 1.82) is 5.26 Å². The summed E-state index contributed by atoms with van der Waals surface area (Å²) < 4.78 is 0. The molecule has 104 valence electrons. The average Bonchev–Trinajstić information content (AvgIpc) is 2.97. The summed E-state index contributed by atoms with van der Waals surface area (Å²) in [5.74, 6) is -0.0335. The Morgan fingerprint density at radius 2 is 2.05 bits per heavy atom. The van der Waals surface area contributed by atoms with Crippen LogP contribution in [0.1, 0.15) is 39.5 Å². The highest BCUT2D eigenvalue weighted by molar-refractivity contribution is 5.94. The first-order valence-electron chi connectivity index (χ1n) is 7.06. The van der Waals surface area contributed by atoms with Crippen LogP contribution in [-0.2, 0) is 6.42 Å². The van der Waals surface area contributed by atoms with E-state index in [2.05, 4.69) is 18.2 Å². The van der Waals surface area contributed by atoms with Crippen molar-refractivity contribution in [2.75, 3.05) is 7.05 Å². The van der Waals surface area contributed by atoms with Crippen molar-refractivity contribution in [3.05, 3.63) is 70.8 Å². The summed E-state index contributed by atoms with van der Waals surface area (Å²) in [4.78, 5) is 14.4. The van der Waals surface area contributed by atoms with Crippen molar-refractivity contribution >= 4 is 5.91 Å². The second-order valence-electron chi connectivity index (χ2n) is 5.36. The van der Waals surface area contributed by atoms with Gasteiger partial charge in [0.25, 0.3) is 5.91 Å². The number of carbonyl (C=O) groups excluding carboxylic acids is 1. The first kappa shape index (κ1) is 13.4. The molecule has 1 aliphatic carbocycles. The molecule has 3 heteroatoms. The molecule has 1 aliphatic rings. The number of nitriles is 1. The number of hydrogen-bond acceptors (Lipinski definition) is 2. The van der Waals surface area contributed by atoms with E-state index in [4.69, 9.17) is 5.26 Å². The van der Waals surface area contributed by atoms with Crippen molar-refractivity contribution in [3.63, 3.8) is 0 Å². The Morgan fingerprint density at radius 1 is 1.24 bits per heavy atom. The third-order valence-electron chi connectivity index (χ3n) is 4.13. The fourth-order valence-corrected chi connectivity index (χ4v) is 3.00. The minimum atomic E-state index is -0.0335. The number of fused-ring (bicyclic) bond motifs is 1. The molecule has 0 N–H and O–H groups in total. The monoisotopic (exact) mass is 276 g/mol. The highest BCUT2D eigenvalue weighted by Crippen LogP contribution is 2.35. The average molecular weight is 276 g/mol. The van der Waals surface area contributed by atoms with Gasteiger partial charge in [0, 0.05) is 12.6 Å². The molecule has 0 heterocycles. The molecule has 0 bridgehead atoms. The molecule has 0 fully saturated rings. The van der Waals surface area contributed by atoms with E-state index >= 15 is 0 Å². The molecule has 21 heavy (non-hydrogen) atoms. The van der Waals surface area contributed by atoms with Gasteiger partial charge in [0.1, 0.15) is 0 Å². The molecule has 3 nitrogen and oxygen atoms in total. The van der Waals surface area contributed by atoms with Gasteiger partial charge in [0.2, 0.25) is 0 Å². The Labute approximate surface area is 124 Å². The van der Waals surface area contributed by atoms with E-state index in [1.54, 1.807) is 29.2 Å². The molecule has 1 atom stereocenters. The molecule has 2 aromatic rings. The van der Waals surface area contributed by atoms with Crippen LogP contribution in [0.3, 0.4) is 0 Å². The van der Waals surface area contributed by atoms with Crippen LogP contribution in [0.25, 0.3) is 0 Å². The third kappa shape index (κ3) is 2.41. The molecule has 3 rings (SSSR count). The van der Waals surface area contributed by atoms with Crippen LogP contribution < -0.4 is 0 Å². The van der Waals surface area contributed by atoms with Gasteiger partial charge in [-0.2, -0.15) is 5.26 Å². The predicted molar refractivity (Wildman–Crippen MR) is 80.8 cm³/mol. The summed E-state index contributed by atoms with van der Waals surface area (Å²) >= 11 is 0. The zero-order valence-electron chi connectivity index (χ0n) is 11.9. The summed E-state index contributed by atoms with van der Waals surface area (Å²) in [6.07, 6.45) is 1.97. The fraction of sp³-hybridized carbons (Fsp3) is 0.222. The third-order valence-corrected chi connectivity index (χ3v) is 4.13. The number of carbonyl (C=O) groups is 1. The molecule has 0 radical (unpaired) electrons. The molecule has 0 saturated carbocycles. The van der Waals surface area contributed by atoms with Gasteiger partial charge in [-0.15, -0.1) is 0 Å². The minimum Gasteiger partial charge on any atom is -0.335 e. The summed E-state index contributed by atoms with van der Waals surface area (Å²) in [5.41, 5.74) is 3.65. The lowest BCUT2D eigenvalue weighted by Crippen LogP contribution is -2.30. The van der Waals surface area contributed by atoms with Crippen LogP contribution in [0.15, 0.2) is 48.5 Å². The van der Waals surface area contributed by atoms with Crippen molar-refractivity contribution in [3.8, 4) is 6.07 Å². The van der Waals surface area contributed by atoms with Crippen LogP contribution in [0.2, 0.25) is 0 Å². The molecule has 1 amide bonds. The summed E-state index contributed by atoms with van der Waals surface area (Å²) in [6, 6.07) is 17.4. The second kappa shape index (κ2) is 5.41. The van der Waals surface area contributed by atoms with Crippen molar-refractivity contribution in [2.24, 2.45) is 0 Å². The van der Waals surface area contributed by atoms with E-state index < -0.39 is 0 Å². The number of aryl methyl sites for hydroxylation is 1. The van der Waals surface area contributed by atoms with Crippen LogP contribution in [0.5, 0.6) is 0 Å². The van der Waals surface area contributed by atoms with Gasteiger partial charge in [-0.25, -0.2) is 0 Å². The summed E-state index contributed by atoms with van der Waals surface area (Å²) in [5, 5.41) is 8.95. The number of amides is 1. The number of nitrogens with zero attached hydrogens (tertiary/aromatic N) is 2. The smallest absolute Gasteiger partial charge is 0.254 e. The molecular weight excluding hydrogens is 260 g/mol. The lowest BCUT2D eigenvalue weighted by molar-refractivity contribution is 0.0730. The molecule has 0 saturated heterocycles. The zero-order valence-corrected chi connectivity index (χ0v) is 11.9. The topological polar surface area (TPSA) is 44.1 Å². The van der Waals surface area contributed by atoms with Gasteiger partial charge in [-0.1, -0.05) is 30.3 Å². The number of hydrogen-bond donors (Lipinski definition) is 0. The Bertz CT molecular complexity index is 730. The largest absolute Gasteiger partial charge is 0.335 e. The maximum Gasteiger partial charge on any atom is 0.254 e. The van der Waals surface area contributed by atoms with Gasteiger partial charge < -0.3 is 4.90 Å². The fourth-order valence-electron chi connectivity index (χ4n) is 3.00. The van der Waals surface area contributed by atoms with Crippen molar-refractivity contribution in [2.45, 2.75) is 18.9 Å². The lowest BCUT2D eigenvalue weighted by Gasteiger charge is -2.25. The quantitative estimate of drug-likeness (QED) is 0.844. The highest BCUT2D eigenvalue weighted by atomic mass is 16.2. The van der Waals surface area contributed by atoms with Crippen molar-refractivity contribution in [1.82, 2.24) is 4.90 Å². The van der Waals surface area contributed by atoms with E-state index in [-0.39, 0.29) is 11.9 Å². The lowest BCUT2D eigenvalue weighted by atomic mass is 10.1. The van der Waals surface area contributed by atoms with E-state index in [1.165, 1.54) is 11.1 Å². The first-order chi connectivity index (χ1) is 10.2. The first-order valence-corrected chi connectivity index (χ1v) is 7.06. The minimum absolute atomic E-state index is 0.0335. The molecule has 0 aromatic heterocycles. The standard InChI is InChI=1S/C18H16N2O/c1-20(17-10-9-14-6-2-3-8-16(14)17)18(21)15-7-4-5-13(11-15)12-19/h2-8,11,17H,9-10H2,1H3. The van der Waals surface area contributed by atoms with Gasteiger partial charge in [0.15, 0.2) is 0 Å². The van der Waals surface area contributed by atoms with Crippen LogP contribution in [-0.4, -0.2) is 17.9 Å². The maximum absolute atomic E-state index is 12.6. The van der Waals surface area contributed by atoms with Crippen LogP contribution in [0, 0.1) is 11.3 Å². The molecular formula is C18H16N2O. The van der Waals surface area contributed by atoms with E-state index in [9.17, 15) is 4.79 Å². The van der Waals surface area contributed by atoms with E-state index in [0.29, 0.717) is 11.1 Å². The van der Waals surface area contributed by atoms with Crippen LogP contribution >= 0.6 is 0 Å². The normalized spacial score (nSPS) is 16.1. The maximum atomic E-state index is 12.6. The van der Waals surface area contributed by atoms with Gasteiger partial charge in [-0.3, -0.25) is 4.79 Å². The highest BCUT2D eigenvalue weighted by Gasteiger charge is 2.28. The van der Waals surface area contributed by atoms with Gasteiger partial charge in [-0.05, 0) is 42.2 Å². The van der Waals surface area contributed by atoms with Gasteiger partial charge >= 0.3 is 0 Å². The van der Waals surface area contributed by atoms with E-state index in [0.717, 1.165) is 12.8 Å². The van der Waals surface area contributed by atoms with E-state index in [1.807, 2.05) is 19.2 Å². The number of benzene rings is 2. The second-order valence-corrected chi connectivity index (χ2v) is 5.36. The van der Waals surface area contributed by atoms with Gasteiger partial charge in [0.05, 0.1) is 17.7 Å². The molecule has 1 unspecified atom stereocenters. The SMILES string of the molecule is CN(C(=O)c1cccc(C#N)c1)C1CCc2ccccc21. The number of rotatable bonds is 2. The molecule has 0 aliphatic heterocycles. The van der Waals surface area contributed by atoms with Crippen LogP contribution in [0.4, 0.5) is 0 Å². The Kier molecular flexibility index (Phi) is 3.45. The molecule has 2 aromatic carbocycles. The summed E-state index contributed by atoms with van der Waals surface area (Å²) in [6.45, 7) is 0. The zero-order chi connectivity index (χ0) is 14.8. The van der Waals surface area contributed by atoms with Crippen molar-refractivity contribution < 1.29 is 4.79 Å².